The van der Waals surface area contributed by atoms with Gasteiger partial charge in [0.25, 0.3) is 0 Å². The molecule has 0 N–H and O–H groups in total. The van der Waals surface area contributed by atoms with E-state index in [1.54, 1.807) is 0 Å². The maximum absolute atomic E-state index is 12.9. The first-order chi connectivity index (χ1) is 5.75. The van der Waals surface area contributed by atoms with Crippen molar-refractivity contribution < 1.29 is 4.48 Å². The molecule has 0 aliphatic carbocycles. The second kappa shape index (κ2) is 3.28. The predicted octanol–water partition coefficient (Wildman–Crippen LogP) is -0.197. The first-order valence-electron chi connectivity index (χ1n) is 4.59. The Labute approximate surface area is 72.7 Å². The molecule has 1 unspecified atom stereocenters. The molecule has 0 aromatic heterocycles. The van der Waals surface area contributed by atoms with E-state index in [9.17, 15) is 4.48 Å². The van der Waals surface area contributed by atoms with Gasteiger partial charge in [-0.05, 0) is 7.05 Å². The minimum Gasteiger partial charge on any atom is -0.303 e. The smallest absolute Gasteiger partial charge is 0.0459 e. The normalized spacial score (nSPS) is 35.0. The Hall–Kier alpha value is -0.190. The summed E-state index contributed by atoms with van der Waals surface area (Å²) in [5.74, 6) is 0. The van der Waals surface area contributed by atoms with E-state index in [2.05, 4.69) is 16.8 Å². The maximum atomic E-state index is 12.9. The van der Waals surface area contributed by atoms with Gasteiger partial charge in [0, 0.05) is 45.3 Å². The van der Waals surface area contributed by atoms with E-state index in [-0.39, 0.29) is 0 Å². The van der Waals surface area contributed by atoms with E-state index >= 15 is 0 Å². The molecule has 2 saturated heterocycles. The molecule has 2 aliphatic heterocycles. The quantitative estimate of drug-likeness (QED) is 0.470. The Morgan fingerprint density at radius 2 is 1.83 bits per heavy atom. The Kier molecular flexibility index (Phi) is 2.30. The Morgan fingerprint density at radius 3 is 2.67 bits per heavy atom. The van der Waals surface area contributed by atoms with Crippen molar-refractivity contribution >= 4 is 0 Å². The highest BCUT2D eigenvalue weighted by molar-refractivity contribution is 4.85. The van der Waals surface area contributed by atoms with E-state index < -0.39 is 0 Å². The van der Waals surface area contributed by atoms with Crippen molar-refractivity contribution in [3.05, 3.63) is 0 Å². The van der Waals surface area contributed by atoms with Gasteiger partial charge < -0.3 is 4.90 Å². The highest BCUT2D eigenvalue weighted by Crippen LogP contribution is 2.14. The minimum atomic E-state index is 0.419. The van der Waals surface area contributed by atoms with Gasteiger partial charge in [-0.15, -0.1) is 9.60 Å². The molecule has 0 aromatic rings. The molecule has 0 aromatic carbocycles. The average Bonchev–Trinajstić information content (AvgIpc) is 2.03. The van der Waals surface area contributed by atoms with Gasteiger partial charge in [0.15, 0.2) is 0 Å². The summed E-state index contributed by atoms with van der Waals surface area (Å²) in [5, 5.41) is 0.945. The van der Waals surface area contributed by atoms with Gasteiger partial charge in [-0.2, -0.15) is 0 Å². The summed E-state index contributed by atoms with van der Waals surface area (Å²) in [6.45, 7) is 5.32. The third-order valence-corrected chi connectivity index (χ3v) is 2.85. The fraction of sp³-hybridized carbons (Fsp3) is 1.00. The molecular weight excluding hydrogens is 157 g/mol. The van der Waals surface area contributed by atoms with Gasteiger partial charge in [0.05, 0.1) is 0 Å². The molecule has 2 fully saturated rings. The van der Waals surface area contributed by atoms with E-state index in [0.29, 0.717) is 19.1 Å². The third-order valence-electron chi connectivity index (χ3n) is 2.85. The second-order valence-corrected chi connectivity index (χ2v) is 3.82. The summed E-state index contributed by atoms with van der Waals surface area (Å²) in [6.07, 6.45) is 0. The van der Waals surface area contributed by atoms with Crippen molar-refractivity contribution in [1.29, 1.82) is 0 Å². The van der Waals surface area contributed by atoms with Crippen molar-refractivity contribution in [2.24, 2.45) is 0 Å². The summed E-state index contributed by atoms with van der Waals surface area (Å²) in [5.41, 5.74) is 0. The molecule has 1 atom stereocenters. The van der Waals surface area contributed by atoms with Crippen LogP contribution in [0.2, 0.25) is 0 Å². The fourth-order valence-electron chi connectivity index (χ4n) is 2.07. The molecule has 0 saturated carbocycles. The van der Waals surface area contributed by atoms with Crippen LogP contribution in [0, 0.1) is 0 Å². The van der Waals surface area contributed by atoms with Crippen LogP contribution in [0.4, 0.5) is 4.48 Å². The van der Waals surface area contributed by atoms with E-state index in [0.717, 1.165) is 31.3 Å². The predicted molar refractivity (Wildman–Crippen MR) is 45.5 cm³/mol. The van der Waals surface area contributed by atoms with Crippen LogP contribution >= 0.6 is 0 Å². The first kappa shape index (κ1) is 8.41. The lowest BCUT2D eigenvalue weighted by molar-refractivity contribution is -0.0684. The number of nitrogens with zero attached hydrogens (tertiary/aromatic N) is 3. The van der Waals surface area contributed by atoms with Crippen LogP contribution < -0.4 is 0 Å². The number of piperazine rings is 2. The van der Waals surface area contributed by atoms with Crippen LogP contribution in [0.5, 0.6) is 0 Å². The summed E-state index contributed by atoms with van der Waals surface area (Å²) >= 11 is 0. The van der Waals surface area contributed by atoms with Gasteiger partial charge >= 0.3 is 0 Å². The second-order valence-electron chi connectivity index (χ2n) is 3.82. The van der Waals surface area contributed by atoms with Crippen LogP contribution in [0.3, 0.4) is 0 Å². The van der Waals surface area contributed by atoms with Crippen molar-refractivity contribution in [1.82, 2.24) is 14.9 Å². The van der Waals surface area contributed by atoms with Crippen molar-refractivity contribution in [3.63, 3.8) is 0 Å². The van der Waals surface area contributed by atoms with E-state index in [1.807, 2.05) is 0 Å². The number of likely N-dealkylation sites (N-methyl/N-ethyl adjacent to an activating group) is 1. The lowest BCUT2D eigenvalue weighted by Crippen LogP contribution is -2.59. The molecule has 2 heterocycles. The Balaban J connectivity index is 1.94. The SMILES string of the molecule is CN1CCN2CCN(F)CC2C1. The lowest BCUT2D eigenvalue weighted by Gasteiger charge is -2.44. The Morgan fingerprint density at radius 1 is 1.08 bits per heavy atom. The number of halogens is 1. The van der Waals surface area contributed by atoms with Crippen molar-refractivity contribution in [2.45, 2.75) is 6.04 Å². The highest BCUT2D eigenvalue weighted by Gasteiger charge is 2.30. The zero-order chi connectivity index (χ0) is 8.55. The number of fused-ring (bicyclic) bond motifs is 1. The summed E-state index contributed by atoms with van der Waals surface area (Å²) < 4.78 is 12.9. The molecule has 2 aliphatic rings. The zero-order valence-electron chi connectivity index (χ0n) is 7.54. The summed E-state index contributed by atoms with van der Waals surface area (Å²) in [7, 11) is 2.11. The molecule has 4 heteroatoms. The molecule has 0 spiro atoms. The molecule has 2 rings (SSSR count). The third kappa shape index (κ3) is 1.60. The van der Waals surface area contributed by atoms with Crippen molar-refractivity contribution in [3.8, 4) is 0 Å². The molecule has 70 valence electrons. The average molecular weight is 173 g/mol. The largest absolute Gasteiger partial charge is 0.303 e. The molecule has 12 heavy (non-hydrogen) atoms. The molecule has 0 bridgehead atoms. The fourth-order valence-corrected chi connectivity index (χ4v) is 2.07. The molecular formula is C8H16FN3. The number of rotatable bonds is 0. The minimum absolute atomic E-state index is 0.419. The maximum Gasteiger partial charge on any atom is 0.0459 e. The van der Waals surface area contributed by atoms with Crippen LogP contribution in [-0.4, -0.2) is 67.3 Å². The van der Waals surface area contributed by atoms with E-state index in [1.165, 1.54) is 0 Å². The van der Waals surface area contributed by atoms with E-state index in [4.69, 9.17) is 0 Å². The molecule has 3 nitrogen and oxygen atoms in total. The van der Waals surface area contributed by atoms with Gasteiger partial charge in [-0.1, -0.05) is 0 Å². The van der Waals surface area contributed by atoms with Crippen molar-refractivity contribution in [2.75, 3.05) is 46.3 Å². The first-order valence-corrected chi connectivity index (χ1v) is 4.59. The standard InChI is InChI=1S/C8H16FN3/c1-10-2-3-11-4-5-12(9)7-8(11)6-10/h8H,2-7H2,1H3. The van der Waals surface area contributed by atoms with Gasteiger partial charge in [-0.25, -0.2) is 0 Å². The zero-order valence-corrected chi connectivity index (χ0v) is 7.54. The van der Waals surface area contributed by atoms with Crippen LogP contribution in [0.1, 0.15) is 0 Å². The summed E-state index contributed by atoms with van der Waals surface area (Å²) in [6, 6.07) is 0.419. The topological polar surface area (TPSA) is 9.72 Å². The van der Waals surface area contributed by atoms with Gasteiger partial charge in [0.1, 0.15) is 0 Å². The monoisotopic (exact) mass is 173 g/mol. The van der Waals surface area contributed by atoms with Crippen LogP contribution in [-0.2, 0) is 0 Å². The van der Waals surface area contributed by atoms with Gasteiger partial charge in [0.2, 0.25) is 0 Å². The molecule has 0 radical (unpaired) electrons. The van der Waals surface area contributed by atoms with Crippen LogP contribution in [0.15, 0.2) is 0 Å². The van der Waals surface area contributed by atoms with Crippen LogP contribution in [0.25, 0.3) is 0 Å². The number of hydrogen-bond donors (Lipinski definition) is 0. The Bertz CT molecular complexity index is 148. The van der Waals surface area contributed by atoms with Gasteiger partial charge in [-0.3, -0.25) is 4.90 Å². The lowest BCUT2D eigenvalue weighted by atomic mass is 10.1. The highest BCUT2D eigenvalue weighted by atomic mass is 19.2. The summed E-state index contributed by atoms with van der Waals surface area (Å²) in [4.78, 5) is 4.68. The number of hydrogen-bond acceptors (Lipinski definition) is 3. The molecule has 0 amide bonds.